The number of carboxylic acids is 2. The number of hydrogen-bond acceptors (Lipinski definition) is 8. The van der Waals surface area contributed by atoms with Gasteiger partial charge >= 0.3 is 11.9 Å². The molecule has 0 radical (unpaired) electrons. The van der Waals surface area contributed by atoms with Crippen molar-refractivity contribution in [3.63, 3.8) is 0 Å². The molecule has 0 aliphatic carbocycles. The van der Waals surface area contributed by atoms with E-state index in [2.05, 4.69) is 28.6 Å². The number of rotatable bonds is 14. The Labute approximate surface area is 171 Å². The molecule has 0 aliphatic rings. The summed E-state index contributed by atoms with van der Waals surface area (Å²) in [5, 5.41) is 24.5. The lowest BCUT2D eigenvalue weighted by Crippen LogP contribution is -2.56. The van der Waals surface area contributed by atoms with Crippen LogP contribution in [-0.4, -0.2) is 76.2 Å². The maximum absolute atomic E-state index is 12.4. The summed E-state index contributed by atoms with van der Waals surface area (Å²) in [5.41, 5.74) is 10.2. The van der Waals surface area contributed by atoms with Crippen molar-refractivity contribution < 1.29 is 39.0 Å². The van der Waals surface area contributed by atoms with Crippen LogP contribution in [0.4, 0.5) is 0 Å². The number of hydrogen-bond donors (Lipinski definition) is 8. The molecule has 0 fully saturated rings. The smallest absolute Gasteiger partial charge is 0.326 e. The molecule has 13 nitrogen and oxygen atoms in total. The van der Waals surface area contributed by atoms with Crippen molar-refractivity contribution in [1.82, 2.24) is 16.0 Å². The van der Waals surface area contributed by atoms with Gasteiger partial charge in [0, 0.05) is 18.6 Å². The lowest BCUT2D eigenvalue weighted by atomic mass is 10.1. The molecule has 0 saturated carbocycles. The summed E-state index contributed by atoms with van der Waals surface area (Å²) in [4.78, 5) is 69.0. The fraction of sp³-hybridized carbons (Fsp3) is 0.600. The normalized spacial score (nSPS) is 13.4. The Kier molecular flexibility index (Phi) is 12.0. The summed E-state index contributed by atoms with van der Waals surface area (Å²) in [5.74, 6) is -6.03. The van der Waals surface area contributed by atoms with Crippen molar-refractivity contribution in [2.75, 3.05) is 12.3 Å². The van der Waals surface area contributed by atoms with Crippen LogP contribution in [-0.2, 0) is 28.8 Å². The lowest BCUT2D eigenvalue weighted by Gasteiger charge is -2.23. The molecular formula is C15H25N5O8S. The van der Waals surface area contributed by atoms with E-state index in [1.54, 1.807) is 0 Å². The molecule has 0 rings (SSSR count). The molecule has 0 aromatic rings. The van der Waals surface area contributed by atoms with Crippen LogP contribution in [0.2, 0.25) is 0 Å². The van der Waals surface area contributed by atoms with Gasteiger partial charge in [0.05, 0.1) is 6.54 Å². The molecule has 29 heavy (non-hydrogen) atoms. The van der Waals surface area contributed by atoms with Crippen molar-refractivity contribution in [3.8, 4) is 0 Å². The van der Waals surface area contributed by atoms with E-state index in [1.165, 1.54) is 0 Å². The number of thiol groups is 1. The monoisotopic (exact) mass is 435 g/mol. The first-order chi connectivity index (χ1) is 13.5. The van der Waals surface area contributed by atoms with Gasteiger partial charge in [-0.1, -0.05) is 0 Å². The molecule has 0 spiro atoms. The first-order valence-electron chi connectivity index (χ1n) is 8.45. The number of carboxylic acid groups (broad SMARTS) is 2. The Morgan fingerprint density at radius 2 is 1.34 bits per heavy atom. The zero-order chi connectivity index (χ0) is 22.6. The maximum atomic E-state index is 12.4. The molecule has 0 aromatic carbocycles. The van der Waals surface area contributed by atoms with E-state index < -0.39 is 66.5 Å². The molecule has 4 amide bonds. The van der Waals surface area contributed by atoms with Crippen molar-refractivity contribution in [2.24, 2.45) is 11.5 Å². The highest BCUT2D eigenvalue weighted by molar-refractivity contribution is 7.80. The van der Waals surface area contributed by atoms with Gasteiger partial charge < -0.3 is 37.6 Å². The van der Waals surface area contributed by atoms with Crippen LogP contribution in [0.5, 0.6) is 0 Å². The van der Waals surface area contributed by atoms with E-state index in [0.29, 0.717) is 0 Å². The topological polar surface area (TPSA) is 231 Å². The molecular weight excluding hydrogens is 410 g/mol. The van der Waals surface area contributed by atoms with Crippen LogP contribution < -0.4 is 27.4 Å². The maximum Gasteiger partial charge on any atom is 0.326 e. The molecule has 0 aromatic heterocycles. The molecule has 0 saturated heterocycles. The minimum atomic E-state index is -1.52. The average Bonchev–Trinajstić information content (AvgIpc) is 2.64. The third-order valence-corrected chi connectivity index (χ3v) is 3.96. The summed E-state index contributed by atoms with van der Waals surface area (Å²) in [6.07, 6.45) is -1.45. The third kappa shape index (κ3) is 10.9. The van der Waals surface area contributed by atoms with Crippen LogP contribution in [0.25, 0.3) is 0 Å². The molecule has 9 N–H and O–H groups in total. The van der Waals surface area contributed by atoms with E-state index in [9.17, 15) is 28.8 Å². The number of aliphatic carboxylic acids is 2. The molecule has 3 unspecified atom stereocenters. The Bertz CT molecular complexity index is 644. The predicted octanol–water partition coefficient (Wildman–Crippen LogP) is -3.46. The van der Waals surface area contributed by atoms with Crippen molar-refractivity contribution >= 4 is 48.2 Å². The second-order valence-corrected chi connectivity index (χ2v) is 6.27. The summed E-state index contributed by atoms with van der Waals surface area (Å²) in [7, 11) is 0. The zero-order valence-corrected chi connectivity index (χ0v) is 16.3. The highest BCUT2D eigenvalue weighted by Gasteiger charge is 2.29. The van der Waals surface area contributed by atoms with Crippen LogP contribution in [0.15, 0.2) is 0 Å². The Morgan fingerprint density at radius 3 is 1.79 bits per heavy atom. The molecule has 3 atom stereocenters. The molecule has 0 aliphatic heterocycles. The summed E-state index contributed by atoms with van der Waals surface area (Å²) < 4.78 is 0. The summed E-state index contributed by atoms with van der Waals surface area (Å²) in [6.45, 7) is -0.382. The first kappa shape index (κ1) is 26.1. The second-order valence-electron chi connectivity index (χ2n) is 5.90. The van der Waals surface area contributed by atoms with E-state index in [4.69, 9.17) is 21.7 Å². The molecule has 14 heteroatoms. The van der Waals surface area contributed by atoms with Gasteiger partial charge in [-0.25, -0.2) is 4.79 Å². The molecule has 164 valence electrons. The van der Waals surface area contributed by atoms with Crippen LogP contribution in [0.3, 0.4) is 0 Å². The van der Waals surface area contributed by atoms with Crippen LogP contribution in [0, 0.1) is 0 Å². The van der Waals surface area contributed by atoms with Crippen molar-refractivity contribution in [3.05, 3.63) is 0 Å². The number of carbonyl (C=O) groups is 6. The standard InChI is InChI=1S/C15H25N5O8S/c16-5-11(22)18-9(6-29)14(26)19-7(1-3-10(17)21)13(25)20-8(15(27)28)2-4-12(23)24/h7-9,29H,1-6,16H2,(H2,17,21)(H,18,22)(H,19,26)(H,20,25)(H,23,24)(H,27,28). The van der Waals surface area contributed by atoms with Gasteiger partial charge in [-0.05, 0) is 12.8 Å². The van der Waals surface area contributed by atoms with Gasteiger partial charge in [0.2, 0.25) is 23.6 Å². The van der Waals surface area contributed by atoms with Gasteiger partial charge in [0.25, 0.3) is 0 Å². The third-order valence-electron chi connectivity index (χ3n) is 3.59. The highest BCUT2D eigenvalue weighted by Crippen LogP contribution is 2.04. The van der Waals surface area contributed by atoms with Gasteiger partial charge in [0.15, 0.2) is 0 Å². The Morgan fingerprint density at radius 1 is 0.828 bits per heavy atom. The second kappa shape index (κ2) is 13.3. The molecule has 0 heterocycles. The fourth-order valence-corrected chi connectivity index (χ4v) is 2.33. The number of nitrogens with two attached hydrogens (primary N) is 2. The van der Waals surface area contributed by atoms with Crippen molar-refractivity contribution in [2.45, 2.75) is 43.8 Å². The number of primary amides is 1. The van der Waals surface area contributed by atoms with Gasteiger partial charge in [-0.2, -0.15) is 12.6 Å². The molecule has 0 bridgehead atoms. The fourth-order valence-electron chi connectivity index (χ4n) is 2.07. The van der Waals surface area contributed by atoms with Crippen LogP contribution >= 0.6 is 12.6 Å². The first-order valence-corrected chi connectivity index (χ1v) is 9.09. The van der Waals surface area contributed by atoms with Gasteiger partial charge in [-0.15, -0.1) is 0 Å². The van der Waals surface area contributed by atoms with Crippen molar-refractivity contribution in [1.29, 1.82) is 0 Å². The predicted molar refractivity (Wildman–Crippen MR) is 102 cm³/mol. The SMILES string of the molecule is NCC(=O)NC(CS)C(=O)NC(CCC(N)=O)C(=O)NC(CCC(=O)O)C(=O)O. The van der Waals surface area contributed by atoms with Gasteiger partial charge in [-0.3, -0.25) is 24.0 Å². The zero-order valence-electron chi connectivity index (χ0n) is 15.4. The van der Waals surface area contributed by atoms with E-state index >= 15 is 0 Å². The quantitative estimate of drug-likeness (QED) is 0.127. The minimum absolute atomic E-state index is 0.127. The van der Waals surface area contributed by atoms with Crippen LogP contribution in [0.1, 0.15) is 25.7 Å². The summed E-state index contributed by atoms with van der Waals surface area (Å²) in [6, 6.07) is -4.02. The number of amides is 4. The minimum Gasteiger partial charge on any atom is -0.481 e. The number of carbonyl (C=O) groups excluding carboxylic acids is 4. The van der Waals surface area contributed by atoms with E-state index in [-0.39, 0.29) is 25.1 Å². The van der Waals surface area contributed by atoms with E-state index in [1.807, 2.05) is 0 Å². The average molecular weight is 435 g/mol. The summed E-state index contributed by atoms with van der Waals surface area (Å²) >= 11 is 3.93. The highest BCUT2D eigenvalue weighted by atomic mass is 32.1. The Balaban J connectivity index is 5.25. The largest absolute Gasteiger partial charge is 0.481 e. The van der Waals surface area contributed by atoms with E-state index in [0.717, 1.165) is 0 Å². The Hall–Kier alpha value is -2.87. The lowest BCUT2D eigenvalue weighted by molar-refractivity contribution is -0.143. The number of nitrogens with one attached hydrogen (secondary N) is 3. The van der Waals surface area contributed by atoms with Gasteiger partial charge in [0.1, 0.15) is 18.1 Å².